The number of nitrogens with two attached hydrogens (primary N) is 1. The second-order valence-electron chi connectivity index (χ2n) is 3.91. The Hall–Kier alpha value is -1.26. The number of nitrogens with zero attached hydrogens (tertiary/aromatic N) is 1. The minimum absolute atomic E-state index is 0.187. The fourth-order valence-corrected chi connectivity index (χ4v) is 1.14. The molecule has 0 aliphatic heterocycles. The summed E-state index contributed by atoms with van der Waals surface area (Å²) in [5.74, 6) is -0.367. The highest BCUT2D eigenvalue weighted by molar-refractivity contribution is 5.82. The predicted octanol–water partition coefficient (Wildman–Crippen LogP) is 3.80. The number of halogens is 3. The van der Waals surface area contributed by atoms with Gasteiger partial charge in [-0.25, -0.2) is 0 Å². The molecule has 0 heterocycles. The van der Waals surface area contributed by atoms with Gasteiger partial charge < -0.3 is 5.73 Å². The molecule has 0 atom stereocenters. The Morgan fingerprint density at radius 3 is 2.18 bits per heavy atom. The zero-order valence-corrected chi connectivity index (χ0v) is 10.6. The molecule has 2 N–H and O–H groups in total. The zero-order valence-electron chi connectivity index (χ0n) is 10.6. The summed E-state index contributed by atoms with van der Waals surface area (Å²) in [5.41, 5.74) is 5.02. The molecule has 0 aromatic rings. The van der Waals surface area contributed by atoms with Crippen LogP contribution >= 0.6 is 0 Å². The molecule has 0 aromatic carbocycles. The molecule has 0 spiro atoms. The van der Waals surface area contributed by atoms with Crippen LogP contribution in [0, 0.1) is 5.92 Å². The lowest BCUT2D eigenvalue weighted by Crippen LogP contribution is -2.21. The van der Waals surface area contributed by atoms with Gasteiger partial charge in [-0.3, -0.25) is 4.99 Å². The van der Waals surface area contributed by atoms with E-state index >= 15 is 0 Å². The summed E-state index contributed by atoms with van der Waals surface area (Å²) in [4.78, 5) is 3.81. The van der Waals surface area contributed by atoms with Crippen molar-refractivity contribution in [3.05, 3.63) is 23.0 Å². The molecular formula is C12H19F3N2. The lowest BCUT2D eigenvalue weighted by molar-refractivity contribution is -0.0867. The predicted molar refractivity (Wildman–Crippen MR) is 64.6 cm³/mol. The maximum Gasteiger partial charge on any atom is 0.419 e. The molecule has 0 unspecified atom stereocenters. The summed E-state index contributed by atoms with van der Waals surface area (Å²) in [6, 6.07) is 0. The van der Waals surface area contributed by atoms with Gasteiger partial charge in [-0.05, 0) is 19.3 Å². The van der Waals surface area contributed by atoms with Crippen molar-refractivity contribution in [2.45, 2.75) is 40.3 Å². The molecular weight excluding hydrogens is 229 g/mol. The van der Waals surface area contributed by atoms with E-state index in [0.717, 1.165) is 6.21 Å². The Morgan fingerprint density at radius 1 is 1.35 bits per heavy atom. The van der Waals surface area contributed by atoms with Gasteiger partial charge >= 0.3 is 6.18 Å². The van der Waals surface area contributed by atoms with E-state index in [1.54, 1.807) is 26.8 Å². The minimum Gasteiger partial charge on any atom is -0.401 e. The lowest BCUT2D eigenvalue weighted by Gasteiger charge is -2.14. The van der Waals surface area contributed by atoms with Crippen molar-refractivity contribution in [1.29, 1.82) is 0 Å². The number of aliphatic imine (C=N–C) groups is 1. The van der Waals surface area contributed by atoms with Crippen LogP contribution in [0.1, 0.15) is 34.1 Å². The van der Waals surface area contributed by atoms with Gasteiger partial charge in [0.1, 0.15) is 0 Å². The van der Waals surface area contributed by atoms with Crippen molar-refractivity contribution in [3.8, 4) is 0 Å². The first-order valence-electron chi connectivity index (χ1n) is 5.50. The van der Waals surface area contributed by atoms with E-state index in [4.69, 9.17) is 5.73 Å². The molecule has 0 aliphatic carbocycles. The topological polar surface area (TPSA) is 38.4 Å². The Morgan fingerprint density at radius 2 is 1.88 bits per heavy atom. The van der Waals surface area contributed by atoms with Crippen LogP contribution in [0.2, 0.25) is 0 Å². The van der Waals surface area contributed by atoms with Crippen LogP contribution < -0.4 is 5.73 Å². The summed E-state index contributed by atoms with van der Waals surface area (Å²) in [7, 11) is 0. The minimum atomic E-state index is -4.47. The summed E-state index contributed by atoms with van der Waals surface area (Å²) >= 11 is 0. The van der Waals surface area contributed by atoms with Crippen molar-refractivity contribution in [2.24, 2.45) is 16.6 Å². The Balaban J connectivity index is 5.34. The van der Waals surface area contributed by atoms with E-state index < -0.39 is 11.7 Å². The third kappa shape index (κ3) is 5.06. The van der Waals surface area contributed by atoms with Crippen LogP contribution in [0.5, 0.6) is 0 Å². The first-order chi connectivity index (χ1) is 7.73. The molecule has 0 saturated heterocycles. The highest BCUT2D eigenvalue weighted by atomic mass is 19.4. The van der Waals surface area contributed by atoms with Gasteiger partial charge in [-0.2, -0.15) is 13.2 Å². The third-order valence-corrected chi connectivity index (χ3v) is 2.29. The summed E-state index contributed by atoms with van der Waals surface area (Å²) in [6.45, 7) is 6.80. The lowest BCUT2D eigenvalue weighted by atomic mass is 10.1. The van der Waals surface area contributed by atoms with Gasteiger partial charge in [-0.15, -0.1) is 0 Å². The summed E-state index contributed by atoms with van der Waals surface area (Å²) in [6.07, 6.45) is -1.39. The molecule has 0 saturated carbocycles. The largest absolute Gasteiger partial charge is 0.419 e. The summed E-state index contributed by atoms with van der Waals surface area (Å²) < 4.78 is 38.2. The fraction of sp³-hybridized carbons (Fsp3) is 0.583. The Kier molecular flexibility index (Phi) is 5.99. The van der Waals surface area contributed by atoms with E-state index in [1.165, 1.54) is 0 Å². The molecule has 0 aliphatic rings. The van der Waals surface area contributed by atoms with Crippen LogP contribution in [-0.2, 0) is 0 Å². The van der Waals surface area contributed by atoms with E-state index in [9.17, 15) is 13.2 Å². The summed E-state index contributed by atoms with van der Waals surface area (Å²) in [5, 5.41) is 0. The maximum absolute atomic E-state index is 12.7. The number of allylic oxidation sites excluding steroid dienone is 4. The normalized spacial score (nSPS) is 15.6. The van der Waals surface area contributed by atoms with Crippen LogP contribution in [-0.4, -0.2) is 12.4 Å². The molecule has 0 fully saturated rings. The number of hydrogen-bond donors (Lipinski definition) is 1. The van der Waals surface area contributed by atoms with Crippen LogP contribution in [0.3, 0.4) is 0 Å². The smallest absolute Gasteiger partial charge is 0.401 e. The van der Waals surface area contributed by atoms with Gasteiger partial charge in [-0.1, -0.05) is 26.8 Å². The van der Waals surface area contributed by atoms with Gasteiger partial charge in [0.05, 0.1) is 5.57 Å². The number of hydrogen-bond acceptors (Lipinski definition) is 2. The van der Waals surface area contributed by atoms with Crippen LogP contribution in [0.15, 0.2) is 28.0 Å². The maximum atomic E-state index is 12.7. The second-order valence-corrected chi connectivity index (χ2v) is 3.91. The number of rotatable bonds is 4. The molecule has 98 valence electrons. The molecule has 17 heavy (non-hydrogen) atoms. The van der Waals surface area contributed by atoms with Gasteiger partial charge in [0, 0.05) is 17.6 Å². The zero-order chi connectivity index (χ0) is 13.6. The average molecular weight is 248 g/mol. The first kappa shape index (κ1) is 15.7. The third-order valence-electron chi connectivity index (χ3n) is 2.29. The van der Waals surface area contributed by atoms with Gasteiger partial charge in [0.25, 0.3) is 0 Å². The molecule has 0 bridgehead atoms. The number of alkyl halides is 3. The monoisotopic (exact) mass is 248 g/mol. The van der Waals surface area contributed by atoms with Crippen molar-refractivity contribution in [1.82, 2.24) is 0 Å². The standard InChI is InChI=1S/C12H19F3N2/c1-5-9(6-2)17-7-10(12(13,14)15)11(16)8(3)4/h5,7-8H,6,16H2,1-4H3/b9-5-,11-10+,17-7-. The average Bonchev–Trinajstić information content (AvgIpc) is 2.21. The first-order valence-corrected chi connectivity index (χ1v) is 5.50. The van der Waals surface area contributed by atoms with Crippen molar-refractivity contribution < 1.29 is 13.2 Å². The second kappa shape index (κ2) is 6.47. The highest BCUT2D eigenvalue weighted by Gasteiger charge is 2.35. The van der Waals surface area contributed by atoms with E-state index in [-0.39, 0.29) is 11.6 Å². The fourth-order valence-electron chi connectivity index (χ4n) is 1.14. The Labute approximate surface area is 100 Å². The van der Waals surface area contributed by atoms with Crippen LogP contribution in [0.4, 0.5) is 13.2 Å². The van der Waals surface area contributed by atoms with E-state index in [2.05, 4.69) is 4.99 Å². The molecule has 0 aromatic heterocycles. The van der Waals surface area contributed by atoms with Crippen LogP contribution in [0.25, 0.3) is 0 Å². The van der Waals surface area contributed by atoms with Gasteiger partial charge in [0.15, 0.2) is 0 Å². The van der Waals surface area contributed by atoms with Gasteiger partial charge in [0.2, 0.25) is 0 Å². The van der Waals surface area contributed by atoms with Crippen molar-refractivity contribution in [2.75, 3.05) is 0 Å². The molecule has 0 amide bonds. The highest BCUT2D eigenvalue weighted by Crippen LogP contribution is 2.28. The molecule has 0 rings (SSSR count). The van der Waals surface area contributed by atoms with E-state index in [1.807, 2.05) is 6.92 Å². The molecule has 0 radical (unpaired) electrons. The molecule has 2 nitrogen and oxygen atoms in total. The van der Waals surface area contributed by atoms with Crippen molar-refractivity contribution in [3.63, 3.8) is 0 Å². The van der Waals surface area contributed by atoms with E-state index in [0.29, 0.717) is 12.1 Å². The van der Waals surface area contributed by atoms with Crippen molar-refractivity contribution >= 4 is 6.21 Å². The Bertz CT molecular complexity index is 336. The SMILES string of the molecule is C\C=C(CC)/N=C\C(=C(/N)C(C)C)C(F)(F)F. The molecule has 5 heteroatoms. The quantitative estimate of drug-likeness (QED) is 0.755.